The normalized spacial score (nSPS) is 11.5. The van der Waals surface area contributed by atoms with E-state index in [0.717, 1.165) is 24.8 Å². The van der Waals surface area contributed by atoms with E-state index in [1.807, 2.05) is 0 Å². The number of phenolic OH excluding ortho intramolecular Hbond substituents is 1. The Bertz CT molecular complexity index is 830. The Labute approximate surface area is 161 Å². The number of phenols is 1. The van der Waals surface area contributed by atoms with Gasteiger partial charge in [-0.05, 0) is 36.6 Å². The van der Waals surface area contributed by atoms with Crippen LogP contribution >= 0.6 is 0 Å². The molecule has 0 amide bonds. The Kier molecular flexibility index (Phi) is 8.13. The maximum Gasteiger partial charge on any atom is 0.294 e. The number of ether oxygens (including phenoxy) is 1. The molecule has 0 spiro atoms. The van der Waals surface area contributed by atoms with E-state index >= 15 is 0 Å². The molecule has 6 heteroatoms. The van der Waals surface area contributed by atoms with Crippen molar-refractivity contribution in [2.75, 3.05) is 0 Å². The van der Waals surface area contributed by atoms with E-state index in [1.165, 1.54) is 56.4 Å². The predicted octanol–water partition coefficient (Wildman–Crippen LogP) is 5.72. The lowest BCUT2D eigenvalue weighted by atomic mass is 10.0. The highest BCUT2D eigenvalue weighted by Gasteiger charge is 2.14. The summed E-state index contributed by atoms with van der Waals surface area (Å²) in [5.41, 5.74) is 0.874. The smallest absolute Gasteiger partial charge is 0.294 e. The minimum absolute atomic E-state index is 0.0621. The highest BCUT2D eigenvalue weighted by molar-refractivity contribution is 7.85. The Balaban J connectivity index is 2.08. The molecule has 5 nitrogen and oxygen atoms in total. The van der Waals surface area contributed by atoms with Gasteiger partial charge in [0.05, 0.1) is 4.90 Å². The summed E-state index contributed by atoms with van der Waals surface area (Å²) >= 11 is 0. The molecule has 0 heterocycles. The van der Waals surface area contributed by atoms with E-state index in [0.29, 0.717) is 11.5 Å². The number of rotatable bonds is 11. The monoisotopic (exact) mass is 392 g/mol. The van der Waals surface area contributed by atoms with E-state index in [2.05, 4.69) is 6.92 Å². The third-order valence-electron chi connectivity index (χ3n) is 4.43. The zero-order valence-electron chi connectivity index (χ0n) is 15.7. The summed E-state index contributed by atoms with van der Waals surface area (Å²) in [6.45, 7) is 2.20. The molecule has 148 valence electrons. The number of hydrogen-bond acceptors (Lipinski definition) is 4. The SMILES string of the molecule is CCCCCCCCCc1ccc(S(=O)(=O)O)cc1Oc1cccc(O)c1. The van der Waals surface area contributed by atoms with E-state index in [4.69, 9.17) is 4.74 Å². The fourth-order valence-electron chi connectivity index (χ4n) is 2.94. The molecule has 0 unspecified atom stereocenters. The highest BCUT2D eigenvalue weighted by Crippen LogP contribution is 2.31. The van der Waals surface area contributed by atoms with Crippen LogP contribution in [0.5, 0.6) is 17.2 Å². The van der Waals surface area contributed by atoms with Gasteiger partial charge in [-0.25, -0.2) is 0 Å². The van der Waals surface area contributed by atoms with Crippen LogP contribution in [0.3, 0.4) is 0 Å². The van der Waals surface area contributed by atoms with Crippen molar-refractivity contribution in [2.24, 2.45) is 0 Å². The average molecular weight is 393 g/mol. The molecule has 0 aliphatic heterocycles. The average Bonchev–Trinajstić information content (AvgIpc) is 2.61. The molecule has 0 atom stereocenters. The van der Waals surface area contributed by atoms with Crippen LogP contribution in [0.2, 0.25) is 0 Å². The van der Waals surface area contributed by atoms with Gasteiger partial charge in [-0.2, -0.15) is 8.42 Å². The number of aromatic hydroxyl groups is 1. The molecular weight excluding hydrogens is 364 g/mol. The van der Waals surface area contributed by atoms with Crippen molar-refractivity contribution in [2.45, 2.75) is 63.2 Å². The molecule has 0 bridgehead atoms. The Hall–Kier alpha value is -2.05. The highest BCUT2D eigenvalue weighted by atomic mass is 32.2. The summed E-state index contributed by atoms with van der Waals surface area (Å²) < 4.78 is 38.0. The van der Waals surface area contributed by atoms with Gasteiger partial charge in [0.15, 0.2) is 0 Å². The predicted molar refractivity (Wildman–Crippen MR) is 106 cm³/mol. The minimum Gasteiger partial charge on any atom is -0.508 e. The van der Waals surface area contributed by atoms with Crippen LogP contribution in [0.1, 0.15) is 57.4 Å². The van der Waals surface area contributed by atoms with Crippen LogP contribution < -0.4 is 4.74 Å². The molecule has 0 aromatic heterocycles. The second-order valence-electron chi connectivity index (χ2n) is 6.72. The van der Waals surface area contributed by atoms with Gasteiger partial charge < -0.3 is 9.84 Å². The first kappa shape index (κ1) is 21.3. The summed E-state index contributed by atoms with van der Waals surface area (Å²) in [5, 5.41) is 9.59. The molecule has 0 saturated carbocycles. The summed E-state index contributed by atoms with van der Waals surface area (Å²) in [5.74, 6) is 0.845. The van der Waals surface area contributed by atoms with Gasteiger partial charge in [0.25, 0.3) is 10.1 Å². The molecule has 2 rings (SSSR count). The second kappa shape index (κ2) is 10.3. The number of unbranched alkanes of at least 4 members (excludes halogenated alkanes) is 6. The van der Waals surface area contributed by atoms with E-state index in [9.17, 15) is 18.1 Å². The van der Waals surface area contributed by atoms with Gasteiger partial charge in [0, 0.05) is 12.1 Å². The quantitative estimate of drug-likeness (QED) is 0.377. The molecule has 0 fully saturated rings. The summed E-state index contributed by atoms with van der Waals surface area (Å²) in [6.07, 6.45) is 9.05. The molecule has 2 aromatic carbocycles. The largest absolute Gasteiger partial charge is 0.508 e. The van der Waals surface area contributed by atoms with Crippen LogP contribution in [-0.4, -0.2) is 18.1 Å². The number of hydrogen-bond donors (Lipinski definition) is 2. The first-order chi connectivity index (χ1) is 12.9. The van der Waals surface area contributed by atoms with E-state index in [1.54, 1.807) is 18.2 Å². The maximum absolute atomic E-state index is 11.4. The summed E-state index contributed by atoms with van der Waals surface area (Å²) in [6, 6.07) is 10.7. The first-order valence-corrected chi connectivity index (χ1v) is 10.9. The van der Waals surface area contributed by atoms with Crippen molar-refractivity contribution in [3.8, 4) is 17.2 Å². The first-order valence-electron chi connectivity index (χ1n) is 9.47. The lowest BCUT2D eigenvalue weighted by Gasteiger charge is -2.13. The van der Waals surface area contributed by atoms with Crippen molar-refractivity contribution in [1.82, 2.24) is 0 Å². The summed E-state index contributed by atoms with van der Waals surface area (Å²) in [7, 11) is -4.31. The van der Waals surface area contributed by atoms with Gasteiger partial charge in [-0.3, -0.25) is 4.55 Å². The van der Waals surface area contributed by atoms with Gasteiger partial charge in [-0.15, -0.1) is 0 Å². The number of aryl methyl sites for hydroxylation is 1. The van der Waals surface area contributed by atoms with E-state index in [-0.39, 0.29) is 10.6 Å². The van der Waals surface area contributed by atoms with Gasteiger partial charge in [0.1, 0.15) is 17.2 Å². The van der Waals surface area contributed by atoms with Crippen molar-refractivity contribution in [3.05, 3.63) is 48.0 Å². The zero-order valence-corrected chi connectivity index (χ0v) is 16.5. The lowest BCUT2D eigenvalue weighted by molar-refractivity contribution is 0.449. The Morgan fingerprint density at radius 1 is 0.926 bits per heavy atom. The van der Waals surface area contributed by atoms with Crippen LogP contribution in [0.4, 0.5) is 0 Å². The van der Waals surface area contributed by atoms with Gasteiger partial charge in [-0.1, -0.05) is 57.6 Å². The zero-order chi connectivity index (χ0) is 19.7. The van der Waals surface area contributed by atoms with Crippen LogP contribution in [-0.2, 0) is 16.5 Å². The maximum atomic E-state index is 11.4. The fraction of sp³-hybridized carbons (Fsp3) is 0.429. The van der Waals surface area contributed by atoms with Crippen molar-refractivity contribution in [1.29, 1.82) is 0 Å². The van der Waals surface area contributed by atoms with Crippen LogP contribution in [0.25, 0.3) is 0 Å². The molecule has 0 saturated heterocycles. The Morgan fingerprint density at radius 2 is 1.63 bits per heavy atom. The Morgan fingerprint density at radius 3 is 2.30 bits per heavy atom. The second-order valence-corrected chi connectivity index (χ2v) is 8.14. The fourth-order valence-corrected chi connectivity index (χ4v) is 3.44. The van der Waals surface area contributed by atoms with Gasteiger partial charge in [0.2, 0.25) is 0 Å². The summed E-state index contributed by atoms with van der Waals surface area (Å²) in [4.78, 5) is -0.207. The standard InChI is InChI=1S/C21H28O5S/c1-2-3-4-5-6-7-8-10-17-13-14-20(27(23,24)25)16-21(17)26-19-12-9-11-18(22)15-19/h9,11-16,22H,2-8,10H2,1H3,(H,23,24,25). The van der Waals surface area contributed by atoms with Crippen LogP contribution in [0.15, 0.2) is 47.4 Å². The molecule has 0 aliphatic rings. The minimum atomic E-state index is -4.31. The van der Waals surface area contributed by atoms with E-state index < -0.39 is 10.1 Å². The molecule has 2 aromatic rings. The molecule has 2 N–H and O–H groups in total. The molecule has 27 heavy (non-hydrogen) atoms. The molecule has 0 radical (unpaired) electrons. The molecule has 0 aliphatic carbocycles. The van der Waals surface area contributed by atoms with Gasteiger partial charge >= 0.3 is 0 Å². The topological polar surface area (TPSA) is 83.8 Å². The number of benzene rings is 2. The molecular formula is C21H28O5S. The van der Waals surface area contributed by atoms with Crippen LogP contribution in [0, 0.1) is 0 Å². The third-order valence-corrected chi connectivity index (χ3v) is 5.28. The van der Waals surface area contributed by atoms with Crippen molar-refractivity contribution in [3.63, 3.8) is 0 Å². The van der Waals surface area contributed by atoms with Crippen molar-refractivity contribution >= 4 is 10.1 Å². The lowest BCUT2D eigenvalue weighted by Crippen LogP contribution is -2.00. The van der Waals surface area contributed by atoms with Crippen molar-refractivity contribution < 1.29 is 22.8 Å². The third kappa shape index (κ3) is 7.23.